The van der Waals surface area contributed by atoms with E-state index in [0.717, 1.165) is 31.2 Å². The average molecular weight is 292 g/mol. The molecule has 1 aliphatic rings. The van der Waals surface area contributed by atoms with Gasteiger partial charge in [0, 0.05) is 6.54 Å². The Hall–Kier alpha value is -1.91. The monoisotopic (exact) mass is 292 g/mol. The highest BCUT2D eigenvalue weighted by atomic mass is 16.5. The zero-order valence-corrected chi connectivity index (χ0v) is 13.0. The Morgan fingerprint density at radius 2 is 1.95 bits per heavy atom. The molecule has 0 saturated heterocycles. The highest BCUT2D eigenvalue weighted by Gasteiger charge is 2.46. The van der Waals surface area contributed by atoms with Crippen LogP contribution in [0.15, 0.2) is 18.2 Å². The molecule has 0 aromatic heterocycles. The molecule has 116 valence electrons. The molecule has 1 saturated carbocycles. The molecule has 2 rings (SSSR count). The highest BCUT2D eigenvalue weighted by molar-refractivity contribution is 5.75. The van der Waals surface area contributed by atoms with Crippen molar-refractivity contribution in [2.45, 2.75) is 38.1 Å². The van der Waals surface area contributed by atoms with E-state index in [1.54, 1.807) is 14.2 Å². The van der Waals surface area contributed by atoms with Gasteiger partial charge in [-0.05, 0) is 37.0 Å². The molecule has 0 aliphatic heterocycles. The topological polar surface area (TPSA) is 59.6 Å². The molecule has 1 fully saturated rings. The van der Waals surface area contributed by atoms with Gasteiger partial charge < -0.3 is 20.1 Å². The lowest BCUT2D eigenvalue weighted by molar-refractivity contribution is 0.235. The average Bonchev–Trinajstić information content (AvgIpc) is 3.27. The predicted molar refractivity (Wildman–Crippen MR) is 81.9 cm³/mol. The van der Waals surface area contributed by atoms with Gasteiger partial charge in [0.15, 0.2) is 11.5 Å². The van der Waals surface area contributed by atoms with E-state index in [4.69, 9.17) is 9.47 Å². The van der Waals surface area contributed by atoms with Crippen LogP contribution in [-0.2, 0) is 5.54 Å². The number of ether oxygens (including phenoxy) is 2. The summed E-state index contributed by atoms with van der Waals surface area (Å²) in [6.07, 6.45) is 3.96. The summed E-state index contributed by atoms with van der Waals surface area (Å²) >= 11 is 0. The second kappa shape index (κ2) is 6.70. The van der Waals surface area contributed by atoms with Crippen molar-refractivity contribution in [2.24, 2.45) is 0 Å². The van der Waals surface area contributed by atoms with Gasteiger partial charge in [-0.3, -0.25) is 0 Å². The molecule has 1 aromatic rings. The fraction of sp³-hybridized carbons (Fsp3) is 0.562. The molecule has 0 atom stereocenters. The first-order chi connectivity index (χ1) is 10.1. The number of hydrogen-bond acceptors (Lipinski definition) is 3. The molecule has 2 N–H and O–H groups in total. The summed E-state index contributed by atoms with van der Waals surface area (Å²) in [7, 11) is 3.23. The molecule has 21 heavy (non-hydrogen) atoms. The van der Waals surface area contributed by atoms with E-state index in [2.05, 4.69) is 17.6 Å². The molecular formula is C16H24N2O3. The Bertz CT molecular complexity index is 498. The van der Waals surface area contributed by atoms with E-state index >= 15 is 0 Å². The number of benzene rings is 1. The molecule has 2 amide bonds. The lowest BCUT2D eigenvalue weighted by Gasteiger charge is -2.20. The van der Waals surface area contributed by atoms with Crippen LogP contribution in [0.4, 0.5) is 4.79 Å². The number of carbonyl (C=O) groups excluding carboxylic acids is 1. The minimum atomic E-state index is -0.254. The van der Waals surface area contributed by atoms with Crippen LogP contribution in [0.5, 0.6) is 11.5 Å². The van der Waals surface area contributed by atoms with Crippen LogP contribution in [0, 0.1) is 0 Å². The quantitative estimate of drug-likeness (QED) is 0.760. The van der Waals surface area contributed by atoms with Gasteiger partial charge in [-0.2, -0.15) is 0 Å². The molecule has 5 heteroatoms. The summed E-state index contributed by atoms with van der Waals surface area (Å²) in [5, 5.41) is 5.98. The number of unbranched alkanes of at least 4 members (excludes halogenated alkanes) is 1. The van der Waals surface area contributed by atoms with E-state index < -0.39 is 0 Å². The Labute approximate surface area is 126 Å². The summed E-state index contributed by atoms with van der Waals surface area (Å²) in [6, 6.07) is 5.71. The van der Waals surface area contributed by atoms with Crippen LogP contribution < -0.4 is 20.1 Å². The van der Waals surface area contributed by atoms with Crippen molar-refractivity contribution in [1.29, 1.82) is 0 Å². The van der Waals surface area contributed by atoms with Crippen LogP contribution in [0.2, 0.25) is 0 Å². The van der Waals surface area contributed by atoms with Gasteiger partial charge >= 0.3 is 6.03 Å². The smallest absolute Gasteiger partial charge is 0.315 e. The molecule has 5 nitrogen and oxygen atoms in total. The molecule has 1 aliphatic carbocycles. The normalized spacial score (nSPS) is 15.2. The van der Waals surface area contributed by atoms with Gasteiger partial charge in [-0.1, -0.05) is 19.4 Å². The van der Waals surface area contributed by atoms with Crippen molar-refractivity contribution in [2.75, 3.05) is 20.8 Å². The van der Waals surface area contributed by atoms with Crippen molar-refractivity contribution in [3.63, 3.8) is 0 Å². The maximum atomic E-state index is 11.9. The zero-order chi connectivity index (χ0) is 15.3. The number of carbonyl (C=O) groups is 1. The number of hydrogen-bond donors (Lipinski definition) is 2. The lowest BCUT2D eigenvalue weighted by Crippen LogP contribution is -2.42. The Balaban J connectivity index is 2.04. The predicted octanol–water partition coefficient (Wildman–Crippen LogP) is 2.79. The molecule has 0 unspecified atom stereocenters. The number of rotatable bonds is 7. The fourth-order valence-electron chi connectivity index (χ4n) is 2.38. The van der Waals surface area contributed by atoms with Crippen molar-refractivity contribution >= 4 is 6.03 Å². The third-order valence-electron chi connectivity index (χ3n) is 3.85. The first kappa shape index (κ1) is 15.5. The maximum absolute atomic E-state index is 11.9. The lowest BCUT2D eigenvalue weighted by atomic mass is 10.0. The van der Waals surface area contributed by atoms with Gasteiger partial charge in [0.2, 0.25) is 0 Å². The molecule has 0 spiro atoms. The molecule has 1 aromatic carbocycles. The number of methoxy groups -OCH3 is 2. The summed E-state index contributed by atoms with van der Waals surface area (Å²) in [6.45, 7) is 2.82. The maximum Gasteiger partial charge on any atom is 0.315 e. The highest BCUT2D eigenvalue weighted by Crippen LogP contribution is 2.47. The van der Waals surface area contributed by atoms with Gasteiger partial charge in [-0.25, -0.2) is 4.79 Å². The van der Waals surface area contributed by atoms with Crippen molar-refractivity contribution in [3.8, 4) is 11.5 Å². The fourth-order valence-corrected chi connectivity index (χ4v) is 2.38. The second-order valence-corrected chi connectivity index (χ2v) is 5.39. The summed E-state index contributed by atoms with van der Waals surface area (Å²) < 4.78 is 10.6. The standard InChI is InChI=1S/C16H24N2O3/c1-4-5-10-17-15(19)18-16(8-9-16)12-6-7-13(20-2)14(11-12)21-3/h6-7,11H,4-5,8-10H2,1-3H3,(H2,17,18,19). The summed E-state index contributed by atoms with van der Waals surface area (Å²) in [5.74, 6) is 1.39. The van der Waals surface area contributed by atoms with Crippen LogP contribution in [-0.4, -0.2) is 26.8 Å². The Morgan fingerprint density at radius 3 is 2.52 bits per heavy atom. The Morgan fingerprint density at radius 1 is 1.24 bits per heavy atom. The van der Waals surface area contributed by atoms with Gasteiger partial charge in [-0.15, -0.1) is 0 Å². The third kappa shape index (κ3) is 3.60. The summed E-state index contributed by atoms with van der Waals surface area (Å²) in [5.41, 5.74) is 0.807. The van der Waals surface area contributed by atoms with E-state index in [0.29, 0.717) is 18.0 Å². The largest absolute Gasteiger partial charge is 0.493 e. The van der Waals surface area contributed by atoms with E-state index in [1.807, 2.05) is 18.2 Å². The van der Waals surface area contributed by atoms with Gasteiger partial charge in [0.25, 0.3) is 0 Å². The second-order valence-electron chi connectivity index (χ2n) is 5.39. The van der Waals surface area contributed by atoms with Crippen molar-refractivity contribution in [1.82, 2.24) is 10.6 Å². The number of amides is 2. The van der Waals surface area contributed by atoms with Crippen LogP contribution >= 0.6 is 0 Å². The molecule has 0 bridgehead atoms. The SMILES string of the molecule is CCCCNC(=O)NC1(c2ccc(OC)c(OC)c2)CC1. The first-order valence-corrected chi connectivity index (χ1v) is 7.43. The van der Waals surface area contributed by atoms with E-state index in [1.165, 1.54) is 0 Å². The van der Waals surface area contributed by atoms with E-state index in [9.17, 15) is 4.79 Å². The Kier molecular flexibility index (Phi) is 4.94. The number of urea groups is 1. The minimum absolute atomic E-state index is 0.101. The van der Waals surface area contributed by atoms with Gasteiger partial charge in [0.1, 0.15) is 0 Å². The minimum Gasteiger partial charge on any atom is -0.493 e. The third-order valence-corrected chi connectivity index (χ3v) is 3.85. The van der Waals surface area contributed by atoms with Crippen LogP contribution in [0.25, 0.3) is 0 Å². The van der Waals surface area contributed by atoms with Gasteiger partial charge in [0.05, 0.1) is 19.8 Å². The van der Waals surface area contributed by atoms with Crippen LogP contribution in [0.1, 0.15) is 38.2 Å². The van der Waals surface area contributed by atoms with Crippen LogP contribution in [0.3, 0.4) is 0 Å². The number of nitrogens with one attached hydrogen (secondary N) is 2. The zero-order valence-electron chi connectivity index (χ0n) is 13.0. The molecule has 0 radical (unpaired) electrons. The molecule has 0 heterocycles. The van der Waals surface area contributed by atoms with E-state index in [-0.39, 0.29) is 11.6 Å². The van der Waals surface area contributed by atoms with Crippen molar-refractivity contribution in [3.05, 3.63) is 23.8 Å². The summed E-state index contributed by atoms with van der Waals surface area (Å²) in [4.78, 5) is 11.9. The molecular weight excluding hydrogens is 268 g/mol. The first-order valence-electron chi connectivity index (χ1n) is 7.43. The van der Waals surface area contributed by atoms with Crippen molar-refractivity contribution < 1.29 is 14.3 Å².